The van der Waals surface area contributed by atoms with Gasteiger partial charge in [-0.15, -0.1) is 11.8 Å². The van der Waals surface area contributed by atoms with Crippen molar-refractivity contribution in [1.82, 2.24) is 0 Å². The molecule has 2 N–H and O–H groups in total. The van der Waals surface area contributed by atoms with E-state index in [1.54, 1.807) is 6.07 Å². The molecular weight excluding hydrogens is 483 g/mol. The monoisotopic (exact) mass is 502 g/mol. The van der Waals surface area contributed by atoms with E-state index in [9.17, 15) is 9.59 Å². The lowest BCUT2D eigenvalue weighted by Crippen LogP contribution is -2.14. The summed E-state index contributed by atoms with van der Waals surface area (Å²) in [5, 5.41) is 5.77. The summed E-state index contributed by atoms with van der Waals surface area (Å²) >= 11 is 3.68. The standard InChI is InChI=1S/C22H19IN2O2S/c1-15-3-2-4-16(13-15)22(27)25-19-9-11-20(12-10-19)28-14-21(26)24-18-7-5-17(23)6-8-18/h2-13H,14H2,1H3,(H,24,26)(H,25,27). The number of rotatable bonds is 6. The molecule has 0 saturated carbocycles. The largest absolute Gasteiger partial charge is 0.325 e. The van der Waals surface area contributed by atoms with Crippen LogP contribution < -0.4 is 10.6 Å². The predicted molar refractivity (Wildman–Crippen MR) is 124 cm³/mol. The molecule has 0 aliphatic heterocycles. The fourth-order valence-corrected chi connectivity index (χ4v) is 3.56. The molecule has 4 nitrogen and oxygen atoms in total. The average Bonchev–Trinajstić information content (AvgIpc) is 2.69. The molecule has 0 atom stereocenters. The molecule has 0 spiro atoms. The van der Waals surface area contributed by atoms with E-state index in [2.05, 4.69) is 33.2 Å². The van der Waals surface area contributed by atoms with Crippen LogP contribution in [0.1, 0.15) is 15.9 Å². The number of anilines is 2. The number of benzene rings is 3. The topological polar surface area (TPSA) is 58.2 Å². The van der Waals surface area contributed by atoms with Crippen LogP contribution in [0.4, 0.5) is 11.4 Å². The third kappa shape index (κ3) is 6.10. The molecule has 0 aliphatic carbocycles. The highest BCUT2D eigenvalue weighted by atomic mass is 127. The van der Waals surface area contributed by atoms with Gasteiger partial charge in [-0.3, -0.25) is 9.59 Å². The maximum Gasteiger partial charge on any atom is 0.255 e. The number of hydrogen-bond donors (Lipinski definition) is 2. The Balaban J connectivity index is 1.50. The van der Waals surface area contributed by atoms with Crippen molar-refractivity contribution in [1.29, 1.82) is 0 Å². The number of hydrogen-bond acceptors (Lipinski definition) is 3. The molecule has 3 aromatic rings. The summed E-state index contributed by atoms with van der Waals surface area (Å²) in [6.07, 6.45) is 0. The smallest absolute Gasteiger partial charge is 0.255 e. The van der Waals surface area contributed by atoms with Crippen molar-refractivity contribution in [2.75, 3.05) is 16.4 Å². The van der Waals surface area contributed by atoms with Crippen molar-refractivity contribution >= 4 is 57.5 Å². The van der Waals surface area contributed by atoms with Crippen LogP contribution in [0, 0.1) is 10.5 Å². The molecule has 6 heteroatoms. The van der Waals surface area contributed by atoms with E-state index in [0.717, 1.165) is 25.4 Å². The van der Waals surface area contributed by atoms with Crippen molar-refractivity contribution in [3.63, 3.8) is 0 Å². The van der Waals surface area contributed by atoms with Gasteiger partial charge in [0.1, 0.15) is 0 Å². The van der Waals surface area contributed by atoms with Crippen LogP contribution in [0.5, 0.6) is 0 Å². The zero-order valence-corrected chi connectivity index (χ0v) is 18.2. The van der Waals surface area contributed by atoms with E-state index in [1.165, 1.54) is 11.8 Å². The predicted octanol–water partition coefficient (Wildman–Crippen LogP) is 5.58. The summed E-state index contributed by atoms with van der Waals surface area (Å²) < 4.78 is 1.12. The molecule has 0 fully saturated rings. The maximum absolute atomic E-state index is 12.3. The summed E-state index contributed by atoms with van der Waals surface area (Å²) in [5.74, 6) is 0.130. The average molecular weight is 502 g/mol. The molecule has 0 aromatic heterocycles. The Labute approximate surface area is 182 Å². The van der Waals surface area contributed by atoms with Crippen LogP contribution in [-0.2, 0) is 4.79 Å². The van der Waals surface area contributed by atoms with Gasteiger partial charge in [0, 0.05) is 25.4 Å². The second-order valence-corrected chi connectivity index (χ2v) is 8.49. The van der Waals surface area contributed by atoms with Gasteiger partial charge in [-0.25, -0.2) is 0 Å². The Morgan fingerprint density at radius 3 is 2.21 bits per heavy atom. The van der Waals surface area contributed by atoms with Crippen LogP contribution in [-0.4, -0.2) is 17.6 Å². The van der Waals surface area contributed by atoms with E-state index in [0.29, 0.717) is 11.3 Å². The van der Waals surface area contributed by atoms with E-state index in [-0.39, 0.29) is 11.8 Å². The molecule has 0 aliphatic rings. The molecule has 28 heavy (non-hydrogen) atoms. The SMILES string of the molecule is Cc1cccc(C(=O)Nc2ccc(SCC(=O)Nc3ccc(I)cc3)cc2)c1. The normalized spacial score (nSPS) is 10.4. The van der Waals surface area contributed by atoms with E-state index < -0.39 is 0 Å². The molecule has 0 saturated heterocycles. The highest BCUT2D eigenvalue weighted by Gasteiger charge is 2.07. The molecule has 2 amide bonds. The zero-order valence-electron chi connectivity index (χ0n) is 15.2. The van der Waals surface area contributed by atoms with Gasteiger partial charge in [0.05, 0.1) is 5.75 Å². The fourth-order valence-electron chi connectivity index (χ4n) is 2.50. The third-order valence-electron chi connectivity index (χ3n) is 3.89. The lowest BCUT2D eigenvalue weighted by Gasteiger charge is -2.08. The number of amides is 2. The number of carbonyl (C=O) groups is 2. The molecule has 3 aromatic carbocycles. The molecule has 3 rings (SSSR count). The minimum absolute atomic E-state index is 0.0527. The van der Waals surface area contributed by atoms with Crippen LogP contribution in [0.2, 0.25) is 0 Å². The lowest BCUT2D eigenvalue weighted by molar-refractivity contribution is -0.113. The third-order valence-corrected chi connectivity index (χ3v) is 5.62. The molecule has 0 heterocycles. The number of halogens is 1. The summed E-state index contributed by atoms with van der Waals surface area (Å²) in [7, 11) is 0. The highest BCUT2D eigenvalue weighted by molar-refractivity contribution is 14.1. The zero-order chi connectivity index (χ0) is 19.9. The first-order valence-electron chi connectivity index (χ1n) is 8.66. The number of nitrogens with one attached hydrogen (secondary N) is 2. The van der Waals surface area contributed by atoms with Gasteiger partial charge in [0.2, 0.25) is 5.91 Å². The summed E-state index contributed by atoms with van der Waals surface area (Å²) in [6, 6.07) is 22.6. The van der Waals surface area contributed by atoms with Crippen molar-refractivity contribution in [2.45, 2.75) is 11.8 Å². The fraction of sp³-hybridized carbons (Fsp3) is 0.0909. The highest BCUT2D eigenvalue weighted by Crippen LogP contribution is 2.21. The van der Waals surface area contributed by atoms with Crippen LogP contribution in [0.25, 0.3) is 0 Å². The van der Waals surface area contributed by atoms with Gasteiger partial charge in [0.25, 0.3) is 5.91 Å². The van der Waals surface area contributed by atoms with Crippen molar-refractivity contribution in [2.24, 2.45) is 0 Å². The van der Waals surface area contributed by atoms with Crippen LogP contribution in [0.15, 0.2) is 77.7 Å². The Bertz CT molecular complexity index is 973. The maximum atomic E-state index is 12.3. The van der Waals surface area contributed by atoms with Gasteiger partial charge in [-0.2, -0.15) is 0 Å². The molecular formula is C22H19IN2O2S. The quantitative estimate of drug-likeness (QED) is 0.342. The van der Waals surface area contributed by atoms with E-state index in [1.807, 2.05) is 73.7 Å². The van der Waals surface area contributed by atoms with Gasteiger partial charge in [-0.05, 0) is 90.2 Å². The van der Waals surface area contributed by atoms with E-state index >= 15 is 0 Å². The second kappa shape index (κ2) is 9.75. The van der Waals surface area contributed by atoms with Crippen molar-refractivity contribution in [3.8, 4) is 0 Å². The minimum atomic E-state index is -0.138. The summed E-state index contributed by atoms with van der Waals surface area (Å²) in [6.45, 7) is 1.96. The van der Waals surface area contributed by atoms with Crippen LogP contribution in [0.3, 0.4) is 0 Å². The minimum Gasteiger partial charge on any atom is -0.325 e. The molecule has 0 unspecified atom stereocenters. The lowest BCUT2D eigenvalue weighted by atomic mass is 10.1. The van der Waals surface area contributed by atoms with Gasteiger partial charge in [0.15, 0.2) is 0 Å². The first-order chi connectivity index (χ1) is 13.5. The number of carbonyl (C=O) groups excluding carboxylic acids is 2. The molecule has 0 bridgehead atoms. The molecule has 142 valence electrons. The van der Waals surface area contributed by atoms with Gasteiger partial charge >= 0.3 is 0 Å². The summed E-state index contributed by atoms with van der Waals surface area (Å²) in [4.78, 5) is 25.3. The first-order valence-corrected chi connectivity index (χ1v) is 10.7. The Kier molecular flexibility index (Phi) is 7.11. The Morgan fingerprint density at radius 1 is 0.893 bits per heavy atom. The number of thioether (sulfide) groups is 1. The Hall–Kier alpha value is -2.32. The van der Waals surface area contributed by atoms with Crippen molar-refractivity contribution in [3.05, 3.63) is 87.5 Å². The van der Waals surface area contributed by atoms with Crippen LogP contribution >= 0.6 is 34.4 Å². The number of aryl methyl sites for hydroxylation is 1. The first kappa shape index (κ1) is 20.4. The van der Waals surface area contributed by atoms with Crippen molar-refractivity contribution < 1.29 is 9.59 Å². The summed E-state index contributed by atoms with van der Waals surface area (Å²) in [5.41, 5.74) is 3.19. The van der Waals surface area contributed by atoms with E-state index in [4.69, 9.17) is 0 Å². The van der Waals surface area contributed by atoms with Gasteiger partial charge < -0.3 is 10.6 Å². The second-order valence-electron chi connectivity index (χ2n) is 6.19. The Morgan fingerprint density at radius 2 is 1.54 bits per heavy atom. The van der Waals surface area contributed by atoms with Gasteiger partial charge in [-0.1, -0.05) is 17.7 Å². The molecule has 0 radical (unpaired) electrons.